The van der Waals surface area contributed by atoms with Crippen LogP contribution in [-0.4, -0.2) is 21.4 Å². The average Bonchev–Trinajstić information content (AvgIpc) is 2.82. The van der Waals surface area contributed by atoms with Crippen molar-refractivity contribution >= 4 is 34.4 Å². The van der Waals surface area contributed by atoms with Gasteiger partial charge in [-0.1, -0.05) is 54.1 Å². The van der Waals surface area contributed by atoms with Gasteiger partial charge >= 0.3 is 0 Å². The van der Waals surface area contributed by atoms with Crippen LogP contribution >= 0.6 is 0 Å². The van der Waals surface area contributed by atoms with Crippen LogP contribution in [0.5, 0.6) is 0 Å². The Morgan fingerprint density at radius 2 is 1.63 bits per heavy atom. The van der Waals surface area contributed by atoms with Crippen LogP contribution in [0.15, 0.2) is 71.5 Å². The van der Waals surface area contributed by atoms with Gasteiger partial charge in [-0.15, -0.1) is 0 Å². The fourth-order valence-corrected chi connectivity index (χ4v) is 3.93. The highest BCUT2D eigenvalue weighted by molar-refractivity contribution is 5.94. The minimum Gasteiger partial charge on any atom is -0.324 e. The normalized spacial score (nSPS) is 10.9. The van der Waals surface area contributed by atoms with Gasteiger partial charge in [0.2, 0.25) is 17.6 Å². The van der Waals surface area contributed by atoms with E-state index in [0.717, 1.165) is 22.3 Å². The monoisotopic (exact) mass is 468 g/mol. The molecule has 4 aromatic rings. The van der Waals surface area contributed by atoms with E-state index < -0.39 is 5.56 Å². The second-order valence-corrected chi connectivity index (χ2v) is 8.77. The van der Waals surface area contributed by atoms with Crippen molar-refractivity contribution in [3.63, 3.8) is 0 Å². The molecule has 0 atom stereocenters. The smallest absolute Gasteiger partial charge is 0.294 e. The van der Waals surface area contributed by atoms with E-state index in [1.54, 1.807) is 18.2 Å². The second kappa shape index (κ2) is 9.93. The average molecular weight is 469 g/mol. The Labute approximate surface area is 204 Å². The van der Waals surface area contributed by atoms with Gasteiger partial charge in [-0.2, -0.15) is 0 Å². The molecule has 1 aromatic heterocycles. The van der Waals surface area contributed by atoms with Crippen molar-refractivity contribution in [1.82, 2.24) is 9.55 Å². The molecule has 0 saturated carbocycles. The number of carbonyl (C=O) groups excluding carboxylic acids is 2. The number of aryl methyl sites for hydroxylation is 3. The van der Waals surface area contributed by atoms with E-state index in [9.17, 15) is 14.4 Å². The van der Waals surface area contributed by atoms with E-state index in [0.29, 0.717) is 16.7 Å². The van der Waals surface area contributed by atoms with E-state index in [4.69, 9.17) is 0 Å². The summed E-state index contributed by atoms with van der Waals surface area (Å²) in [4.78, 5) is 45.1. The fourth-order valence-electron chi connectivity index (χ4n) is 3.93. The molecule has 0 aliphatic carbocycles. The molecule has 0 radical (unpaired) electrons. The molecule has 4 rings (SSSR count). The quantitative estimate of drug-likeness (QED) is 0.451. The molecule has 1 heterocycles. The molecular formula is C28H28N4O3. The summed E-state index contributed by atoms with van der Waals surface area (Å²) in [5.74, 6) is -0.649. The van der Waals surface area contributed by atoms with E-state index in [1.807, 2.05) is 69.3 Å². The van der Waals surface area contributed by atoms with E-state index >= 15 is 0 Å². The summed E-state index contributed by atoms with van der Waals surface area (Å²) in [6.07, 6.45) is 0. The molecule has 1 N–H and O–H groups in total. The predicted molar refractivity (Wildman–Crippen MR) is 139 cm³/mol. The van der Waals surface area contributed by atoms with E-state index in [1.165, 1.54) is 16.4 Å². The summed E-state index contributed by atoms with van der Waals surface area (Å²) in [7, 11) is 0. The number of hydrogen-bond donors (Lipinski definition) is 1. The Bertz CT molecular complexity index is 1470. The molecule has 0 aliphatic heterocycles. The number of para-hydroxylation sites is 2. The molecule has 35 heavy (non-hydrogen) atoms. The van der Waals surface area contributed by atoms with Gasteiger partial charge in [-0.05, 0) is 55.7 Å². The standard InChI is InChI=1S/C28H28N4O3/c1-18-10-13-22(14-11-18)16-31(21(4)33)27-28(35)32(25-8-6-5-7-23(25)30-27)17-26(34)29-24-15-19(2)9-12-20(24)3/h5-15H,16-17H2,1-4H3,(H,29,34). The van der Waals surface area contributed by atoms with Gasteiger partial charge in [0.15, 0.2) is 0 Å². The lowest BCUT2D eigenvalue weighted by Gasteiger charge is -2.22. The van der Waals surface area contributed by atoms with Crippen molar-refractivity contribution in [2.75, 3.05) is 10.2 Å². The maximum Gasteiger partial charge on any atom is 0.294 e. The van der Waals surface area contributed by atoms with Gasteiger partial charge in [0.05, 0.1) is 17.6 Å². The van der Waals surface area contributed by atoms with Crippen LogP contribution < -0.4 is 15.8 Å². The molecule has 2 amide bonds. The first kappa shape index (κ1) is 23.9. The maximum absolute atomic E-state index is 13.6. The molecule has 0 fully saturated rings. The number of nitrogens with zero attached hydrogens (tertiary/aromatic N) is 3. The van der Waals surface area contributed by atoms with Crippen molar-refractivity contribution in [3.8, 4) is 0 Å². The lowest BCUT2D eigenvalue weighted by molar-refractivity contribution is -0.117. The zero-order valence-electron chi connectivity index (χ0n) is 20.3. The van der Waals surface area contributed by atoms with Crippen molar-refractivity contribution in [2.24, 2.45) is 0 Å². The van der Waals surface area contributed by atoms with Gasteiger partial charge in [-0.3, -0.25) is 23.9 Å². The van der Waals surface area contributed by atoms with Crippen LogP contribution in [0, 0.1) is 20.8 Å². The third-order valence-electron chi connectivity index (χ3n) is 5.90. The van der Waals surface area contributed by atoms with Crippen LogP contribution in [0.2, 0.25) is 0 Å². The third-order valence-corrected chi connectivity index (χ3v) is 5.90. The number of fused-ring (bicyclic) bond motifs is 1. The summed E-state index contributed by atoms with van der Waals surface area (Å²) in [6, 6.07) is 20.7. The largest absolute Gasteiger partial charge is 0.324 e. The summed E-state index contributed by atoms with van der Waals surface area (Å²) >= 11 is 0. The van der Waals surface area contributed by atoms with Crippen LogP contribution in [0.1, 0.15) is 29.2 Å². The van der Waals surface area contributed by atoms with Crippen LogP contribution in [0.4, 0.5) is 11.5 Å². The minimum absolute atomic E-state index is 0.00342. The lowest BCUT2D eigenvalue weighted by Crippen LogP contribution is -2.38. The Morgan fingerprint density at radius 1 is 0.943 bits per heavy atom. The Hall–Kier alpha value is -4.26. The Balaban J connectivity index is 1.74. The van der Waals surface area contributed by atoms with Crippen LogP contribution in [0.3, 0.4) is 0 Å². The summed E-state index contributed by atoms with van der Waals surface area (Å²) in [6.45, 7) is 7.24. The van der Waals surface area contributed by atoms with Crippen molar-refractivity contribution in [2.45, 2.75) is 40.8 Å². The predicted octanol–water partition coefficient (Wildman–Crippen LogP) is 4.51. The van der Waals surface area contributed by atoms with Gasteiger partial charge in [0.1, 0.15) is 6.54 Å². The number of nitrogens with one attached hydrogen (secondary N) is 1. The Morgan fingerprint density at radius 3 is 2.34 bits per heavy atom. The number of benzene rings is 3. The summed E-state index contributed by atoms with van der Waals surface area (Å²) < 4.78 is 1.38. The van der Waals surface area contributed by atoms with Gasteiger partial charge in [-0.25, -0.2) is 4.98 Å². The molecule has 178 valence electrons. The highest BCUT2D eigenvalue weighted by atomic mass is 16.2. The summed E-state index contributed by atoms with van der Waals surface area (Å²) in [5, 5.41) is 2.91. The highest BCUT2D eigenvalue weighted by Gasteiger charge is 2.22. The molecule has 3 aromatic carbocycles. The molecule has 7 nitrogen and oxygen atoms in total. The van der Waals surface area contributed by atoms with Crippen molar-refractivity contribution < 1.29 is 9.59 Å². The fraction of sp³-hybridized carbons (Fsp3) is 0.214. The number of aromatic nitrogens is 2. The Kier molecular flexibility index (Phi) is 6.78. The van der Waals surface area contributed by atoms with Gasteiger partial charge < -0.3 is 5.32 Å². The molecular weight excluding hydrogens is 440 g/mol. The first-order valence-electron chi connectivity index (χ1n) is 11.4. The van der Waals surface area contributed by atoms with Crippen molar-refractivity contribution in [3.05, 3.63) is 99.3 Å². The highest BCUT2D eigenvalue weighted by Crippen LogP contribution is 2.19. The van der Waals surface area contributed by atoms with E-state index in [2.05, 4.69) is 10.3 Å². The second-order valence-electron chi connectivity index (χ2n) is 8.77. The van der Waals surface area contributed by atoms with Crippen molar-refractivity contribution in [1.29, 1.82) is 0 Å². The molecule has 7 heteroatoms. The first-order chi connectivity index (χ1) is 16.7. The summed E-state index contributed by atoms with van der Waals surface area (Å²) in [5.41, 5.74) is 5.18. The number of hydrogen-bond acceptors (Lipinski definition) is 4. The van der Waals surface area contributed by atoms with Crippen LogP contribution in [0.25, 0.3) is 11.0 Å². The molecule has 0 saturated heterocycles. The lowest BCUT2D eigenvalue weighted by atomic mass is 10.1. The zero-order valence-corrected chi connectivity index (χ0v) is 20.3. The number of rotatable bonds is 6. The SMILES string of the molecule is CC(=O)N(Cc1ccc(C)cc1)c1nc2ccccc2n(CC(=O)Nc2cc(C)ccc2C)c1=O. The zero-order chi connectivity index (χ0) is 25.1. The third kappa shape index (κ3) is 5.30. The number of carbonyl (C=O) groups is 2. The molecule has 0 spiro atoms. The topological polar surface area (TPSA) is 84.3 Å². The molecule has 0 unspecified atom stereocenters. The number of anilines is 2. The maximum atomic E-state index is 13.6. The van der Waals surface area contributed by atoms with E-state index in [-0.39, 0.29) is 30.7 Å². The minimum atomic E-state index is -0.498. The van der Waals surface area contributed by atoms with Gasteiger partial charge in [0, 0.05) is 12.6 Å². The first-order valence-corrected chi connectivity index (χ1v) is 11.4. The molecule has 0 aliphatic rings. The van der Waals surface area contributed by atoms with Gasteiger partial charge in [0.25, 0.3) is 5.56 Å². The number of amides is 2. The molecule has 0 bridgehead atoms. The van der Waals surface area contributed by atoms with Crippen LogP contribution in [-0.2, 0) is 22.7 Å².